The van der Waals surface area contributed by atoms with Crippen molar-refractivity contribution in [3.8, 4) is 33.4 Å². The summed E-state index contributed by atoms with van der Waals surface area (Å²) in [7, 11) is 0. The molecule has 0 unspecified atom stereocenters. The molecule has 12 aromatic rings. The fourth-order valence-corrected chi connectivity index (χ4v) is 10.3. The van der Waals surface area contributed by atoms with Crippen LogP contribution in [-0.4, -0.2) is 0 Å². The van der Waals surface area contributed by atoms with Crippen LogP contribution in [0.3, 0.4) is 0 Å². The van der Waals surface area contributed by atoms with Gasteiger partial charge in [-0.15, -0.1) is 11.3 Å². The van der Waals surface area contributed by atoms with Gasteiger partial charge in [-0.1, -0.05) is 164 Å². The highest BCUT2D eigenvalue weighted by molar-refractivity contribution is 7.26. The summed E-state index contributed by atoms with van der Waals surface area (Å²) < 4.78 is 9.55. The number of para-hydroxylation sites is 1. The summed E-state index contributed by atoms with van der Waals surface area (Å²) in [6.07, 6.45) is 0. The second-order valence-corrected chi connectivity index (χ2v) is 16.3. The molecular formula is C56H35NOS. The predicted molar refractivity (Wildman–Crippen MR) is 253 cm³/mol. The van der Waals surface area contributed by atoms with Crippen LogP contribution < -0.4 is 4.90 Å². The smallest absolute Gasteiger partial charge is 0.143 e. The van der Waals surface area contributed by atoms with E-state index in [1.807, 2.05) is 11.3 Å². The number of furan rings is 1. The molecule has 0 amide bonds. The average Bonchev–Trinajstić information content (AvgIpc) is 3.89. The molecule has 0 aliphatic carbocycles. The predicted octanol–water partition coefficient (Wildman–Crippen LogP) is 16.7. The zero-order valence-electron chi connectivity index (χ0n) is 32.0. The number of hydrogen-bond donors (Lipinski definition) is 0. The Morgan fingerprint density at radius 2 is 0.932 bits per heavy atom. The Bertz CT molecular complexity index is 3540. The van der Waals surface area contributed by atoms with Gasteiger partial charge in [-0.2, -0.15) is 0 Å². The van der Waals surface area contributed by atoms with Gasteiger partial charge in [-0.3, -0.25) is 0 Å². The minimum Gasteiger partial charge on any atom is -0.455 e. The van der Waals surface area contributed by atoms with E-state index in [0.717, 1.165) is 55.5 Å². The quantitative estimate of drug-likeness (QED) is 0.157. The van der Waals surface area contributed by atoms with Gasteiger partial charge >= 0.3 is 0 Å². The van der Waals surface area contributed by atoms with Crippen LogP contribution in [0.2, 0.25) is 0 Å². The van der Waals surface area contributed by atoms with E-state index >= 15 is 0 Å². The lowest BCUT2D eigenvalue weighted by Gasteiger charge is -2.26. The van der Waals surface area contributed by atoms with Gasteiger partial charge in [0.05, 0.1) is 0 Å². The number of fused-ring (bicyclic) bond motifs is 10. The van der Waals surface area contributed by atoms with Gasteiger partial charge in [0.15, 0.2) is 0 Å². The third-order valence-corrected chi connectivity index (χ3v) is 13.1. The summed E-state index contributed by atoms with van der Waals surface area (Å²) in [6, 6.07) is 76.7. The maximum Gasteiger partial charge on any atom is 0.143 e. The van der Waals surface area contributed by atoms with E-state index in [0.29, 0.717) is 0 Å². The third-order valence-electron chi connectivity index (χ3n) is 11.9. The maximum absolute atomic E-state index is 6.91. The first-order valence-electron chi connectivity index (χ1n) is 20.1. The fourth-order valence-electron chi connectivity index (χ4n) is 9.03. The van der Waals surface area contributed by atoms with Crippen molar-refractivity contribution in [1.29, 1.82) is 0 Å². The summed E-state index contributed by atoms with van der Waals surface area (Å²) in [5, 5.41) is 9.67. The maximum atomic E-state index is 6.91. The van der Waals surface area contributed by atoms with Crippen molar-refractivity contribution in [2.45, 2.75) is 0 Å². The second kappa shape index (κ2) is 13.6. The summed E-state index contributed by atoms with van der Waals surface area (Å²) in [4.78, 5) is 2.36. The van der Waals surface area contributed by atoms with Crippen LogP contribution in [0, 0.1) is 0 Å². The number of nitrogens with zero attached hydrogens (tertiary/aromatic N) is 1. The lowest BCUT2D eigenvalue weighted by molar-refractivity contribution is 0.674. The molecule has 276 valence electrons. The zero-order valence-corrected chi connectivity index (χ0v) is 32.8. The molecule has 0 radical (unpaired) electrons. The van der Waals surface area contributed by atoms with Crippen molar-refractivity contribution in [1.82, 2.24) is 0 Å². The van der Waals surface area contributed by atoms with E-state index in [9.17, 15) is 0 Å². The molecule has 0 aliphatic rings. The van der Waals surface area contributed by atoms with Crippen LogP contribution >= 0.6 is 11.3 Å². The van der Waals surface area contributed by atoms with E-state index < -0.39 is 0 Å². The highest BCUT2D eigenvalue weighted by Gasteiger charge is 2.19. The first-order chi connectivity index (χ1) is 29.2. The van der Waals surface area contributed by atoms with Crippen LogP contribution in [0.25, 0.3) is 97.0 Å². The molecule has 2 nitrogen and oxygen atoms in total. The lowest BCUT2D eigenvalue weighted by Crippen LogP contribution is -2.10. The average molecular weight is 770 g/mol. The first kappa shape index (κ1) is 33.7. The van der Waals surface area contributed by atoms with Crippen molar-refractivity contribution in [3.63, 3.8) is 0 Å². The monoisotopic (exact) mass is 769 g/mol. The molecular weight excluding hydrogens is 735 g/mol. The van der Waals surface area contributed by atoms with Gasteiger partial charge in [0.25, 0.3) is 0 Å². The molecule has 2 aromatic heterocycles. The number of rotatable bonds is 6. The van der Waals surface area contributed by atoms with Crippen LogP contribution in [0.4, 0.5) is 17.1 Å². The van der Waals surface area contributed by atoms with Crippen LogP contribution in [0.1, 0.15) is 0 Å². The molecule has 0 aliphatic heterocycles. The first-order valence-corrected chi connectivity index (χ1v) is 20.9. The number of thiophene rings is 1. The van der Waals surface area contributed by atoms with Crippen LogP contribution in [-0.2, 0) is 0 Å². The molecule has 12 rings (SSSR count). The highest BCUT2D eigenvalue weighted by atomic mass is 32.1. The Morgan fingerprint density at radius 3 is 1.75 bits per heavy atom. The fraction of sp³-hybridized carbons (Fsp3) is 0. The molecule has 0 spiro atoms. The molecule has 0 saturated heterocycles. The van der Waals surface area contributed by atoms with Crippen LogP contribution in [0.15, 0.2) is 217 Å². The second-order valence-electron chi connectivity index (χ2n) is 15.2. The van der Waals surface area contributed by atoms with E-state index in [4.69, 9.17) is 4.42 Å². The Labute approximate surface area is 345 Å². The Morgan fingerprint density at radius 1 is 0.339 bits per heavy atom. The van der Waals surface area contributed by atoms with Crippen LogP contribution in [0.5, 0.6) is 0 Å². The van der Waals surface area contributed by atoms with Crippen molar-refractivity contribution in [3.05, 3.63) is 212 Å². The molecule has 10 aromatic carbocycles. The summed E-state index contributed by atoms with van der Waals surface area (Å²) in [5.41, 5.74) is 12.1. The van der Waals surface area contributed by atoms with Crippen molar-refractivity contribution >= 4 is 92.1 Å². The lowest BCUT2D eigenvalue weighted by atomic mass is 9.98. The van der Waals surface area contributed by atoms with E-state index in [-0.39, 0.29) is 0 Å². The zero-order chi connectivity index (χ0) is 38.9. The van der Waals surface area contributed by atoms with Gasteiger partial charge in [0, 0.05) is 59.0 Å². The van der Waals surface area contributed by atoms with Crippen molar-refractivity contribution < 1.29 is 4.42 Å². The summed E-state index contributed by atoms with van der Waals surface area (Å²) in [6.45, 7) is 0. The van der Waals surface area contributed by atoms with E-state index in [1.54, 1.807) is 0 Å². The van der Waals surface area contributed by atoms with Crippen molar-refractivity contribution in [2.75, 3.05) is 4.90 Å². The number of benzene rings is 10. The largest absolute Gasteiger partial charge is 0.455 e. The normalized spacial score (nSPS) is 11.7. The third kappa shape index (κ3) is 5.55. The highest BCUT2D eigenvalue weighted by Crippen LogP contribution is 2.44. The Kier molecular flexibility index (Phi) is 7.75. The molecule has 0 fully saturated rings. The summed E-state index contributed by atoms with van der Waals surface area (Å²) >= 11 is 1.87. The summed E-state index contributed by atoms with van der Waals surface area (Å²) in [5.74, 6) is 0. The number of anilines is 3. The molecule has 0 bridgehead atoms. The van der Waals surface area contributed by atoms with Crippen molar-refractivity contribution in [2.24, 2.45) is 0 Å². The SMILES string of the molecule is c1ccc(-c2cccc(N(c3ccc(-c4cccc5c4oc4c5ccc5ccc6ccccc6c54)cc3)c3ccc(-c4cccc5c4sc4ccccc45)cc3)c2)cc1. The van der Waals surface area contributed by atoms with Gasteiger partial charge < -0.3 is 9.32 Å². The molecule has 3 heteroatoms. The molecule has 0 atom stereocenters. The van der Waals surface area contributed by atoms with Gasteiger partial charge in [-0.05, 0) is 92.5 Å². The molecule has 59 heavy (non-hydrogen) atoms. The van der Waals surface area contributed by atoms with E-state index in [1.165, 1.54) is 58.6 Å². The minimum absolute atomic E-state index is 0.910. The molecule has 2 heterocycles. The van der Waals surface area contributed by atoms with Gasteiger partial charge in [0.2, 0.25) is 0 Å². The minimum atomic E-state index is 0.910. The molecule has 0 saturated carbocycles. The Balaban J connectivity index is 0.971. The van der Waals surface area contributed by atoms with Gasteiger partial charge in [-0.25, -0.2) is 0 Å². The number of hydrogen-bond acceptors (Lipinski definition) is 3. The van der Waals surface area contributed by atoms with Gasteiger partial charge in [0.1, 0.15) is 11.2 Å². The standard InChI is InChI=1S/C56H35NOS/c1-2-11-36(12-3-1)41-14-8-15-44(35-41)57(43-32-27-39(28-33-43)47-19-10-21-51-48-17-6-7-22-52(48)59-56(47)51)42-30-25-38(26-31-42)46-18-9-20-49-50-34-29-40-24-23-37-13-4-5-16-45(37)53(40)55(50)58-54(46)49/h1-35H. The molecule has 0 N–H and O–H groups in total. The topological polar surface area (TPSA) is 16.4 Å². The Hall–Kier alpha value is -7.46. The van der Waals surface area contributed by atoms with E-state index in [2.05, 4.69) is 217 Å².